The number of aromatic amines is 1. The van der Waals surface area contributed by atoms with E-state index in [0.717, 1.165) is 20.9 Å². The summed E-state index contributed by atoms with van der Waals surface area (Å²) in [4.78, 5) is 20.6. The van der Waals surface area contributed by atoms with Crippen molar-refractivity contribution in [3.05, 3.63) is 63.1 Å². The maximum Gasteiger partial charge on any atom is 0.277 e. The molecule has 0 radical (unpaired) electrons. The molecular weight excluding hydrogens is 398 g/mol. The molecule has 2 aromatic heterocycles. The number of fused-ring (bicyclic) bond motifs is 3. The van der Waals surface area contributed by atoms with Crippen molar-refractivity contribution >= 4 is 37.9 Å². The Morgan fingerprint density at radius 2 is 2.04 bits per heavy atom. The lowest BCUT2D eigenvalue weighted by atomic mass is 10.2. The van der Waals surface area contributed by atoms with Crippen LogP contribution in [0.2, 0.25) is 0 Å². The molecule has 0 fully saturated rings. The van der Waals surface area contributed by atoms with Gasteiger partial charge in [-0.1, -0.05) is 28.1 Å². The number of para-hydroxylation sites is 1. The molecule has 0 spiro atoms. The highest BCUT2D eigenvalue weighted by Crippen LogP contribution is 2.31. The summed E-state index contributed by atoms with van der Waals surface area (Å²) in [5, 5.41) is 0.914. The quantitative estimate of drug-likeness (QED) is 0.553. The number of nitrogens with zero attached hydrogens (tertiary/aromatic N) is 2. The largest absolute Gasteiger partial charge is 0.493 e. The van der Waals surface area contributed by atoms with Gasteiger partial charge in [0.2, 0.25) is 0 Å². The third-order valence-electron chi connectivity index (χ3n) is 4.36. The molecule has 1 N–H and O–H groups in total. The van der Waals surface area contributed by atoms with E-state index in [9.17, 15) is 4.79 Å². The molecule has 2 aromatic carbocycles. The molecule has 6 nitrogen and oxygen atoms in total. The highest BCUT2D eigenvalue weighted by molar-refractivity contribution is 9.10. The van der Waals surface area contributed by atoms with Crippen LogP contribution >= 0.6 is 15.9 Å². The van der Waals surface area contributed by atoms with Crippen LogP contribution in [0.15, 0.2) is 52.0 Å². The molecule has 4 rings (SSSR count). The summed E-state index contributed by atoms with van der Waals surface area (Å²) in [7, 11) is 3.17. The number of aromatic nitrogens is 3. The summed E-state index contributed by atoms with van der Waals surface area (Å²) in [5.74, 6) is 1.24. The zero-order valence-corrected chi connectivity index (χ0v) is 15.8. The molecule has 0 saturated carbocycles. The fourth-order valence-electron chi connectivity index (χ4n) is 3.14. The average Bonchev–Trinajstić information content (AvgIpc) is 3.02. The van der Waals surface area contributed by atoms with Gasteiger partial charge in [-0.15, -0.1) is 0 Å². The number of hydrogen-bond acceptors (Lipinski definition) is 4. The normalized spacial score (nSPS) is 11.2. The lowest BCUT2D eigenvalue weighted by Gasteiger charge is -2.13. The van der Waals surface area contributed by atoms with E-state index in [1.165, 1.54) is 0 Å². The Bertz CT molecular complexity index is 1180. The number of H-pyrrole nitrogens is 1. The molecule has 0 atom stereocenters. The summed E-state index contributed by atoms with van der Waals surface area (Å²) in [6, 6.07) is 11.4. The number of ether oxygens (including phenoxy) is 2. The molecule has 0 bridgehead atoms. The summed E-state index contributed by atoms with van der Waals surface area (Å²) >= 11 is 3.46. The van der Waals surface area contributed by atoms with Crippen LogP contribution in [0, 0.1) is 0 Å². The summed E-state index contributed by atoms with van der Waals surface area (Å²) in [5.41, 5.74) is 2.74. The van der Waals surface area contributed by atoms with Gasteiger partial charge in [0, 0.05) is 20.9 Å². The van der Waals surface area contributed by atoms with Gasteiger partial charge in [0.05, 0.1) is 27.1 Å². The fourth-order valence-corrected chi connectivity index (χ4v) is 3.50. The standard InChI is InChI=1S/C19H16BrN3O3/c1-25-15-5-3-4-11(18(15)26-2)9-23-10-21-16-13-8-12(20)6-7-14(13)22-17(16)19(23)24/h3-8,10,22H,9H2,1-2H3. The molecule has 0 aliphatic heterocycles. The minimum atomic E-state index is -0.132. The fraction of sp³-hybridized carbons (Fsp3) is 0.158. The second-order valence-corrected chi connectivity index (χ2v) is 6.78. The van der Waals surface area contributed by atoms with Crippen molar-refractivity contribution in [3.8, 4) is 11.5 Å². The molecule has 132 valence electrons. The molecule has 7 heteroatoms. The number of halogens is 1. The van der Waals surface area contributed by atoms with Gasteiger partial charge in [0.15, 0.2) is 11.5 Å². The molecule has 0 saturated heterocycles. The van der Waals surface area contributed by atoms with Crippen molar-refractivity contribution in [2.24, 2.45) is 0 Å². The van der Waals surface area contributed by atoms with Crippen LogP contribution in [-0.2, 0) is 6.54 Å². The Morgan fingerprint density at radius 1 is 1.19 bits per heavy atom. The first-order valence-corrected chi connectivity index (χ1v) is 8.78. The highest BCUT2D eigenvalue weighted by atomic mass is 79.9. The molecule has 0 unspecified atom stereocenters. The average molecular weight is 414 g/mol. The van der Waals surface area contributed by atoms with Gasteiger partial charge >= 0.3 is 0 Å². The van der Waals surface area contributed by atoms with Gasteiger partial charge in [-0.25, -0.2) is 4.98 Å². The van der Waals surface area contributed by atoms with E-state index in [0.29, 0.717) is 29.1 Å². The Kier molecular flexibility index (Phi) is 4.16. The first kappa shape index (κ1) is 16.7. The van der Waals surface area contributed by atoms with Gasteiger partial charge in [0.25, 0.3) is 5.56 Å². The SMILES string of the molecule is COc1cccc(Cn2cnc3c([nH]c4ccc(Br)cc43)c2=O)c1OC. The maximum atomic E-state index is 12.9. The molecule has 2 heterocycles. The first-order valence-electron chi connectivity index (χ1n) is 7.98. The number of nitrogens with one attached hydrogen (secondary N) is 1. The summed E-state index contributed by atoms with van der Waals surface area (Å²) in [6.45, 7) is 0.335. The zero-order valence-electron chi connectivity index (χ0n) is 14.2. The third-order valence-corrected chi connectivity index (χ3v) is 4.85. The Morgan fingerprint density at radius 3 is 2.81 bits per heavy atom. The van der Waals surface area contributed by atoms with Gasteiger partial charge in [-0.05, 0) is 24.3 Å². The Hall–Kier alpha value is -2.80. The van der Waals surface area contributed by atoms with Gasteiger partial charge in [0.1, 0.15) is 11.0 Å². The first-order chi connectivity index (χ1) is 12.6. The van der Waals surface area contributed by atoms with Crippen molar-refractivity contribution in [3.63, 3.8) is 0 Å². The second kappa shape index (κ2) is 6.49. The van der Waals surface area contributed by atoms with E-state index in [-0.39, 0.29) is 5.56 Å². The monoisotopic (exact) mass is 413 g/mol. The summed E-state index contributed by atoms with van der Waals surface area (Å²) < 4.78 is 13.3. The van der Waals surface area contributed by atoms with Crippen LogP contribution in [0.5, 0.6) is 11.5 Å². The predicted octanol–water partition coefficient (Wildman–Crippen LogP) is 3.71. The molecule has 0 aliphatic carbocycles. The maximum absolute atomic E-state index is 12.9. The second-order valence-electron chi connectivity index (χ2n) is 5.87. The molecule has 0 amide bonds. The van der Waals surface area contributed by atoms with Crippen molar-refractivity contribution in [2.45, 2.75) is 6.54 Å². The van der Waals surface area contributed by atoms with Crippen LogP contribution in [0.25, 0.3) is 21.9 Å². The van der Waals surface area contributed by atoms with Crippen molar-refractivity contribution in [1.29, 1.82) is 0 Å². The van der Waals surface area contributed by atoms with Crippen LogP contribution in [0.1, 0.15) is 5.56 Å². The molecular formula is C19H16BrN3O3. The number of methoxy groups -OCH3 is 2. The van der Waals surface area contributed by atoms with Crippen molar-refractivity contribution < 1.29 is 9.47 Å². The van der Waals surface area contributed by atoms with Crippen LogP contribution in [0.3, 0.4) is 0 Å². The topological polar surface area (TPSA) is 69.1 Å². The zero-order chi connectivity index (χ0) is 18.3. The lowest BCUT2D eigenvalue weighted by molar-refractivity contribution is 0.351. The van der Waals surface area contributed by atoms with Crippen LogP contribution < -0.4 is 15.0 Å². The molecule has 0 aliphatic rings. The smallest absolute Gasteiger partial charge is 0.277 e. The van der Waals surface area contributed by atoms with E-state index >= 15 is 0 Å². The Balaban J connectivity index is 1.85. The van der Waals surface area contributed by atoms with Crippen LogP contribution in [-0.4, -0.2) is 28.8 Å². The lowest BCUT2D eigenvalue weighted by Crippen LogP contribution is -2.21. The molecule has 26 heavy (non-hydrogen) atoms. The minimum absolute atomic E-state index is 0.132. The van der Waals surface area contributed by atoms with Crippen LogP contribution in [0.4, 0.5) is 0 Å². The highest BCUT2D eigenvalue weighted by Gasteiger charge is 2.14. The predicted molar refractivity (Wildman–Crippen MR) is 104 cm³/mol. The third kappa shape index (κ3) is 2.64. The van der Waals surface area contributed by atoms with Gasteiger partial charge in [-0.2, -0.15) is 0 Å². The van der Waals surface area contributed by atoms with E-state index < -0.39 is 0 Å². The summed E-state index contributed by atoms with van der Waals surface area (Å²) in [6.07, 6.45) is 1.57. The van der Waals surface area contributed by atoms with Crippen molar-refractivity contribution in [1.82, 2.24) is 14.5 Å². The van der Waals surface area contributed by atoms with E-state index in [2.05, 4.69) is 25.9 Å². The van der Waals surface area contributed by atoms with E-state index in [1.807, 2.05) is 36.4 Å². The number of benzene rings is 2. The minimum Gasteiger partial charge on any atom is -0.493 e. The number of rotatable bonds is 4. The Labute approximate surface area is 157 Å². The number of hydrogen-bond donors (Lipinski definition) is 1. The van der Waals surface area contributed by atoms with E-state index in [1.54, 1.807) is 25.1 Å². The van der Waals surface area contributed by atoms with Gasteiger partial charge in [-0.3, -0.25) is 9.36 Å². The van der Waals surface area contributed by atoms with E-state index in [4.69, 9.17) is 9.47 Å². The van der Waals surface area contributed by atoms with Crippen molar-refractivity contribution in [2.75, 3.05) is 14.2 Å². The molecule has 4 aromatic rings. The van der Waals surface area contributed by atoms with Gasteiger partial charge < -0.3 is 14.5 Å².